The van der Waals surface area contributed by atoms with Crippen molar-refractivity contribution < 1.29 is 18.0 Å². The first-order valence-corrected chi connectivity index (χ1v) is 8.20. The van der Waals surface area contributed by atoms with Gasteiger partial charge in [-0.2, -0.15) is 13.2 Å². The smallest absolute Gasteiger partial charge is 0.331 e. The van der Waals surface area contributed by atoms with Gasteiger partial charge in [0.15, 0.2) is 0 Å². The lowest BCUT2D eigenvalue weighted by molar-refractivity contribution is -0.141. The summed E-state index contributed by atoms with van der Waals surface area (Å²) in [5, 5.41) is 2.01. The van der Waals surface area contributed by atoms with Crippen molar-refractivity contribution in [3.63, 3.8) is 0 Å². The highest BCUT2D eigenvalue weighted by molar-refractivity contribution is 7.10. The monoisotopic (exact) mass is 340 g/mol. The highest BCUT2D eigenvalue weighted by Crippen LogP contribution is 2.36. The zero-order valence-electron chi connectivity index (χ0n) is 12.4. The molecule has 122 valence electrons. The van der Waals surface area contributed by atoms with Gasteiger partial charge in [0.25, 0.3) is 5.91 Å². The van der Waals surface area contributed by atoms with Crippen molar-refractivity contribution in [3.8, 4) is 0 Å². The van der Waals surface area contributed by atoms with Crippen LogP contribution in [0.2, 0.25) is 0 Å². The normalized spacial score (nSPS) is 17.9. The van der Waals surface area contributed by atoms with Crippen molar-refractivity contribution in [1.29, 1.82) is 0 Å². The summed E-state index contributed by atoms with van der Waals surface area (Å²) in [6.45, 7) is 2.58. The minimum atomic E-state index is -4.50. The van der Waals surface area contributed by atoms with Crippen LogP contribution in [-0.4, -0.2) is 22.3 Å². The van der Waals surface area contributed by atoms with E-state index in [1.807, 2.05) is 18.4 Å². The maximum absolute atomic E-state index is 12.7. The van der Waals surface area contributed by atoms with Gasteiger partial charge in [-0.3, -0.25) is 9.78 Å². The number of thiophene rings is 1. The molecule has 0 aliphatic carbocycles. The van der Waals surface area contributed by atoms with E-state index in [-0.39, 0.29) is 17.5 Å². The fourth-order valence-electron chi connectivity index (χ4n) is 2.93. The van der Waals surface area contributed by atoms with Gasteiger partial charge in [0.2, 0.25) is 0 Å². The van der Waals surface area contributed by atoms with E-state index >= 15 is 0 Å². The first kappa shape index (κ1) is 16.0. The lowest BCUT2D eigenvalue weighted by Gasteiger charge is -2.35. The van der Waals surface area contributed by atoms with Crippen LogP contribution in [0, 0.1) is 0 Å². The molecule has 1 aliphatic rings. The Morgan fingerprint density at radius 1 is 1.39 bits per heavy atom. The van der Waals surface area contributed by atoms with Crippen molar-refractivity contribution in [2.24, 2.45) is 0 Å². The predicted molar refractivity (Wildman–Crippen MR) is 81.3 cm³/mol. The van der Waals surface area contributed by atoms with Crippen LogP contribution in [0.5, 0.6) is 0 Å². The van der Waals surface area contributed by atoms with Crippen LogP contribution in [0.3, 0.4) is 0 Å². The lowest BCUT2D eigenvalue weighted by Crippen LogP contribution is -2.39. The average molecular weight is 340 g/mol. The molecule has 3 nitrogen and oxygen atoms in total. The average Bonchev–Trinajstić information content (AvgIpc) is 3.01. The summed E-state index contributed by atoms with van der Waals surface area (Å²) in [6, 6.07) is 4.06. The third-order valence-electron chi connectivity index (χ3n) is 4.04. The van der Waals surface area contributed by atoms with Gasteiger partial charge in [-0.15, -0.1) is 11.3 Å². The summed E-state index contributed by atoms with van der Waals surface area (Å²) in [6.07, 6.45) is -1.93. The molecule has 0 fully saturated rings. The number of pyridine rings is 1. The molecular formula is C16H15F3N2OS. The topological polar surface area (TPSA) is 33.2 Å². The number of alkyl halides is 3. The number of hydrogen-bond acceptors (Lipinski definition) is 3. The van der Waals surface area contributed by atoms with Crippen molar-refractivity contribution >= 4 is 17.2 Å². The summed E-state index contributed by atoms with van der Waals surface area (Å²) in [7, 11) is 0. The van der Waals surface area contributed by atoms with E-state index in [0.29, 0.717) is 6.54 Å². The third-order valence-corrected chi connectivity index (χ3v) is 5.04. The van der Waals surface area contributed by atoms with Crippen molar-refractivity contribution in [3.05, 3.63) is 51.5 Å². The largest absolute Gasteiger partial charge is 0.433 e. The van der Waals surface area contributed by atoms with E-state index in [1.165, 1.54) is 10.9 Å². The molecule has 1 aliphatic heterocycles. The minimum Gasteiger partial charge on any atom is -0.331 e. The zero-order valence-corrected chi connectivity index (χ0v) is 13.2. The standard InChI is InChI=1S/C16H15F3N2OS/c1-2-12-11-6-8-23-13(11)5-7-21(12)15(22)10-3-4-14(20-9-10)16(17,18)19/h3-4,6,8-9,12H,2,5,7H2,1H3. The first-order valence-electron chi connectivity index (χ1n) is 7.32. The van der Waals surface area contributed by atoms with Crippen molar-refractivity contribution in [2.45, 2.75) is 32.0 Å². The molecule has 0 saturated heterocycles. The summed E-state index contributed by atoms with van der Waals surface area (Å²) in [5.41, 5.74) is 0.354. The molecule has 7 heteroatoms. The van der Waals surface area contributed by atoms with E-state index in [2.05, 4.69) is 4.98 Å². The van der Waals surface area contributed by atoms with Gasteiger partial charge >= 0.3 is 6.18 Å². The molecule has 2 aromatic heterocycles. The van der Waals surface area contributed by atoms with Gasteiger partial charge in [-0.1, -0.05) is 6.92 Å². The molecule has 0 saturated carbocycles. The zero-order chi connectivity index (χ0) is 16.6. The molecule has 23 heavy (non-hydrogen) atoms. The highest BCUT2D eigenvalue weighted by Gasteiger charge is 2.34. The predicted octanol–water partition coefficient (Wildman–Crippen LogP) is 4.31. The molecule has 1 unspecified atom stereocenters. The van der Waals surface area contributed by atoms with Gasteiger partial charge in [-0.05, 0) is 42.0 Å². The number of amides is 1. The SMILES string of the molecule is CCC1c2ccsc2CCN1C(=O)c1ccc(C(F)(F)F)nc1. The van der Waals surface area contributed by atoms with E-state index in [4.69, 9.17) is 0 Å². The second-order valence-electron chi connectivity index (χ2n) is 5.40. The summed E-state index contributed by atoms with van der Waals surface area (Å²) in [5.74, 6) is -0.269. The Kier molecular flexibility index (Phi) is 4.14. The fraction of sp³-hybridized carbons (Fsp3) is 0.375. The molecule has 2 aromatic rings. The first-order chi connectivity index (χ1) is 10.9. The molecule has 1 atom stereocenters. The molecule has 3 heterocycles. The Balaban J connectivity index is 1.86. The van der Waals surface area contributed by atoms with E-state index < -0.39 is 11.9 Å². The van der Waals surface area contributed by atoms with Crippen LogP contribution in [0.15, 0.2) is 29.8 Å². The molecule has 0 bridgehead atoms. The molecule has 3 rings (SSSR count). The minimum absolute atomic E-state index is 0.0280. The molecule has 0 spiro atoms. The number of aromatic nitrogens is 1. The van der Waals surface area contributed by atoms with Crippen molar-refractivity contribution in [1.82, 2.24) is 9.88 Å². The lowest BCUT2D eigenvalue weighted by atomic mass is 9.97. The summed E-state index contributed by atoms with van der Waals surface area (Å²) < 4.78 is 37.7. The van der Waals surface area contributed by atoms with Gasteiger partial charge in [0.1, 0.15) is 5.69 Å². The number of hydrogen-bond donors (Lipinski definition) is 0. The van der Waals surface area contributed by atoms with Gasteiger partial charge in [0.05, 0.1) is 11.6 Å². The fourth-order valence-corrected chi connectivity index (χ4v) is 3.86. The second kappa shape index (κ2) is 5.96. The maximum atomic E-state index is 12.7. The third kappa shape index (κ3) is 2.97. The van der Waals surface area contributed by atoms with Crippen LogP contribution in [0.1, 0.15) is 45.9 Å². The van der Waals surface area contributed by atoms with E-state index in [0.717, 1.165) is 30.7 Å². The van der Waals surface area contributed by atoms with Crippen LogP contribution in [0.4, 0.5) is 13.2 Å². The second-order valence-corrected chi connectivity index (χ2v) is 6.40. The number of rotatable bonds is 2. The van der Waals surface area contributed by atoms with Gasteiger partial charge < -0.3 is 4.90 Å². The van der Waals surface area contributed by atoms with Crippen LogP contribution in [0.25, 0.3) is 0 Å². The number of carbonyl (C=O) groups is 1. The number of nitrogens with zero attached hydrogens (tertiary/aromatic N) is 2. The van der Waals surface area contributed by atoms with Crippen LogP contribution < -0.4 is 0 Å². The molecule has 0 aromatic carbocycles. The van der Waals surface area contributed by atoms with E-state index in [9.17, 15) is 18.0 Å². The summed E-state index contributed by atoms with van der Waals surface area (Å²) >= 11 is 1.68. The maximum Gasteiger partial charge on any atom is 0.433 e. The quantitative estimate of drug-likeness (QED) is 0.816. The van der Waals surface area contributed by atoms with Crippen LogP contribution in [-0.2, 0) is 12.6 Å². The number of carbonyl (C=O) groups excluding carboxylic acids is 1. The Morgan fingerprint density at radius 3 is 2.78 bits per heavy atom. The molecular weight excluding hydrogens is 325 g/mol. The Hall–Kier alpha value is -1.89. The van der Waals surface area contributed by atoms with Crippen LogP contribution >= 0.6 is 11.3 Å². The van der Waals surface area contributed by atoms with Crippen molar-refractivity contribution in [2.75, 3.05) is 6.54 Å². The number of halogens is 3. The number of fused-ring (bicyclic) bond motifs is 1. The Morgan fingerprint density at radius 2 is 2.17 bits per heavy atom. The molecule has 0 N–H and O–H groups in total. The Labute approximate surface area is 135 Å². The van der Waals surface area contributed by atoms with Gasteiger partial charge in [0, 0.05) is 17.6 Å². The Bertz CT molecular complexity index is 709. The summed E-state index contributed by atoms with van der Waals surface area (Å²) in [4.78, 5) is 19.1. The van der Waals surface area contributed by atoms with Gasteiger partial charge in [-0.25, -0.2) is 0 Å². The molecule has 0 radical (unpaired) electrons. The van der Waals surface area contributed by atoms with E-state index in [1.54, 1.807) is 16.2 Å². The molecule has 1 amide bonds. The highest BCUT2D eigenvalue weighted by atomic mass is 32.1.